The van der Waals surface area contributed by atoms with Gasteiger partial charge in [0.05, 0.1) is 0 Å². The Morgan fingerprint density at radius 1 is 0.912 bits per heavy atom. The Balaban J connectivity index is 1.87. The average Bonchev–Trinajstić information content (AvgIpc) is 2.84. The zero-order valence-electron chi connectivity index (χ0n) is 19.6. The molecule has 1 atom stereocenters. The van der Waals surface area contributed by atoms with Gasteiger partial charge >= 0.3 is 0 Å². The minimum Gasteiger partial charge on any atom is -0.484 e. The molecule has 3 aromatic rings. The number of amides is 2. The van der Waals surface area contributed by atoms with Crippen molar-refractivity contribution in [3.8, 4) is 5.75 Å². The second-order valence-corrected chi connectivity index (χ2v) is 9.03. The lowest BCUT2D eigenvalue weighted by atomic mass is 10.0. The summed E-state index contributed by atoms with van der Waals surface area (Å²) in [6, 6.07) is 25.6. The van der Waals surface area contributed by atoms with Crippen LogP contribution >= 0.6 is 11.6 Å². The summed E-state index contributed by atoms with van der Waals surface area (Å²) in [7, 11) is 0. The molecule has 0 radical (unpaired) electrons. The second kappa shape index (κ2) is 12.8. The molecule has 0 aliphatic rings. The van der Waals surface area contributed by atoms with E-state index < -0.39 is 6.04 Å². The van der Waals surface area contributed by atoms with Crippen molar-refractivity contribution < 1.29 is 14.3 Å². The molecule has 2 amide bonds. The van der Waals surface area contributed by atoms with E-state index in [0.29, 0.717) is 36.2 Å². The summed E-state index contributed by atoms with van der Waals surface area (Å²) >= 11 is 6.04. The maximum atomic E-state index is 13.5. The molecule has 34 heavy (non-hydrogen) atoms. The molecule has 3 aromatic carbocycles. The Hall–Kier alpha value is -3.31. The summed E-state index contributed by atoms with van der Waals surface area (Å²) in [5.74, 6) is 0.351. The highest BCUT2D eigenvalue weighted by molar-refractivity contribution is 6.30. The molecule has 5 nitrogen and oxygen atoms in total. The number of hydrogen-bond donors (Lipinski definition) is 1. The van der Waals surface area contributed by atoms with Gasteiger partial charge in [0.2, 0.25) is 5.91 Å². The summed E-state index contributed by atoms with van der Waals surface area (Å²) in [6.07, 6.45) is 0.403. The average molecular weight is 479 g/mol. The van der Waals surface area contributed by atoms with Gasteiger partial charge in [-0.15, -0.1) is 0 Å². The summed E-state index contributed by atoms with van der Waals surface area (Å²) in [4.78, 5) is 28.4. The fraction of sp³-hybridized carbons (Fsp3) is 0.286. The lowest BCUT2D eigenvalue weighted by Crippen LogP contribution is -2.52. The number of nitrogens with zero attached hydrogens (tertiary/aromatic N) is 1. The van der Waals surface area contributed by atoms with Gasteiger partial charge in [0.1, 0.15) is 11.8 Å². The van der Waals surface area contributed by atoms with E-state index in [1.807, 2.05) is 74.5 Å². The molecule has 6 heteroatoms. The van der Waals surface area contributed by atoms with E-state index in [9.17, 15) is 9.59 Å². The van der Waals surface area contributed by atoms with Crippen molar-refractivity contribution in [2.24, 2.45) is 5.92 Å². The monoisotopic (exact) mass is 478 g/mol. The number of carbonyl (C=O) groups excluding carboxylic acids is 2. The SMILES string of the molecule is CC(C)CNC(=O)[C@H](Cc1ccccc1)N(Cc1ccccc1)C(=O)COc1cccc(Cl)c1. The predicted molar refractivity (Wildman–Crippen MR) is 136 cm³/mol. The molecule has 1 N–H and O–H groups in total. The maximum Gasteiger partial charge on any atom is 0.261 e. The minimum atomic E-state index is -0.684. The van der Waals surface area contributed by atoms with E-state index in [2.05, 4.69) is 5.32 Å². The molecule has 178 valence electrons. The zero-order valence-corrected chi connectivity index (χ0v) is 20.4. The van der Waals surface area contributed by atoms with E-state index in [4.69, 9.17) is 16.3 Å². The predicted octanol–water partition coefficient (Wildman–Crippen LogP) is 5.13. The van der Waals surface area contributed by atoms with Gasteiger partial charge < -0.3 is 15.0 Å². The van der Waals surface area contributed by atoms with Crippen LogP contribution in [-0.2, 0) is 22.6 Å². The fourth-order valence-corrected chi connectivity index (χ4v) is 3.72. The number of rotatable bonds is 11. The Bertz CT molecular complexity index is 1060. The molecule has 0 aromatic heterocycles. The van der Waals surface area contributed by atoms with Crippen LogP contribution in [0.15, 0.2) is 84.9 Å². The quantitative estimate of drug-likeness (QED) is 0.415. The van der Waals surface area contributed by atoms with E-state index in [0.717, 1.165) is 11.1 Å². The van der Waals surface area contributed by atoms with Crippen molar-refractivity contribution >= 4 is 23.4 Å². The van der Waals surface area contributed by atoms with E-state index in [-0.39, 0.29) is 18.4 Å². The van der Waals surface area contributed by atoms with Crippen molar-refractivity contribution in [3.05, 3.63) is 101 Å². The normalized spacial score (nSPS) is 11.6. The Morgan fingerprint density at radius 2 is 1.56 bits per heavy atom. The number of hydrogen-bond acceptors (Lipinski definition) is 3. The van der Waals surface area contributed by atoms with Gasteiger partial charge in [-0.1, -0.05) is 92.2 Å². The van der Waals surface area contributed by atoms with Gasteiger partial charge in [-0.05, 0) is 35.2 Å². The smallest absolute Gasteiger partial charge is 0.261 e. The third-order valence-electron chi connectivity index (χ3n) is 5.31. The molecule has 0 saturated carbocycles. The lowest BCUT2D eigenvalue weighted by Gasteiger charge is -2.31. The topological polar surface area (TPSA) is 58.6 Å². The van der Waals surface area contributed by atoms with Gasteiger partial charge in [-0.3, -0.25) is 9.59 Å². The summed E-state index contributed by atoms with van der Waals surface area (Å²) < 4.78 is 5.74. The molecule has 0 heterocycles. The third-order valence-corrected chi connectivity index (χ3v) is 5.54. The van der Waals surface area contributed by atoms with E-state index in [1.165, 1.54) is 0 Å². The molecule has 0 spiro atoms. The number of ether oxygens (including phenoxy) is 1. The molecule has 0 unspecified atom stereocenters. The molecule has 0 bridgehead atoms. The number of nitrogens with one attached hydrogen (secondary N) is 1. The van der Waals surface area contributed by atoms with E-state index in [1.54, 1.807) is 29.2 Å². The lowest BCUT2D eigenvalue weighted by molar-refractivity contribution is -0.142. The van der Waals surface area contributed by atoms with Crippen LogP contribution in [0.4, 0.5) is 0 Å². The van der Waals surface area contributed by atoms with E-state index >= 15 is 0 Å². The summed E-state index contributed by atoms with van der Waals surface area (Å²) in [5.41, 5.74) is 1.92. The number of halogens is 1. The standard InChI is InChI=1S/C28H31ClN2O3/c1-21(2)18-30-28(33)26(16-22-10-5-3-6-11-22)31(19-23-12-7-4-8-13-23)27(32)20-34-25-15-9-14-24(29)17-25/h3-15,17,21,26H,16,18-20H2,1-2H3,(H,30,33)/t26-/m0/s1. The first-order chi connectivity index (χ1) is 16.4. The molecule has 3 rings (SSSR count). The van der Waals surface area contributed by atoms with Crippen molar-refractivity contribution in [1.29, 1.82) is 0 Å². The van der Waals surface area contributed by atoms with Crippen LogP contribution in [0, 0.1) is 5.92 Å². The van der Waals surface area contributed by atoms with Gasteiger partial charge in [-0.2, -0.15) is 0 Å². The summed E-state index contributed by atoms with van der Waals surface area (Å²) in [6.45, 7) is 4.72. The molecule has 0 saturated heterocycles. The molecule has 0 aliphatic carbocycles. The third kappa shape index (κ3) is 7.92. The summed E-state index contributed by atoms with van der Waals surface area (Å²) in [5, 5.41) is 3.54. The number of carbonyl (C=O) groups is 2. The first-order valence-electron chi connectivity index (χ1n) is 11.5. The van der Waals surface area contributed by atoms with Crippen molar-refractivity contribution in [2.45, 2.75) is 32.9 Å². The van der Waals surface area contributed by atoms with Crippen LogP contribution in [0.3, 0.4) is 0 Å². The highest BCUT2D eigenvalue weighted by atomic mass is 35.5. The number of benzene rings is 3. The Labute approximate surface area is 206 Å². The van der Waals surface area contributed by atoms with Crippen molar-refractivity contribution in [2.75, 3.05) is 13.2 Å². The molecular weight excluding hydrogens is 448 g/mol. The second-order valence-electron chi connectivity index (χ2n) is 8.60. The largest absolute Gasteiger partial charge is 0.484 e. The zero-order chi connectivity index (χ0) is 24.3. The molecule has 0 fully saturated rings. The highest BCUT2D eigenvalue weighted by Gasteiger charge is 2.30. The Morgan fingerprint density at radius 3 is 2.18 bits per heavy atom. The van der Waals surface area contributed by atoms with Crippen LogP contribution in [0.5, 0.6) is 5.75 Å². The molecule has 0 aliphatic heterocycles. The van der Waals surface area contributed by atoms with Crippen LogP contribution < -0.4 is 10.1 Å². The molecular formula is C28H31ClN2O3. The van der Waals surface area contributed by atoms with Gasteiger partial charge in [0.15, 0.2) is 6.61 Å². The first-order valence-corrected chi connectivity index (χ1v) is 11.8. The van der Waals surface area contributed by atoms with Crippen LogP contribution in [-0.4, -0.2) is 35.9 Å². The van der Waals surface area contributed by atoms with Gasteiger partial charge in [0.25, 0.3) is 5.91 Å². The van der Waals surface area contributed by atoms with Crippen LogP contribution in [0.1, 0.15) is 25.0 Å². The highest BCUT2D eigenvalue weighted by Crippen LogP contribution is 2.19. The fourth-order valence-electron chi connectivity index (χ4n) is 3.54. The first kappa shape index (κ1) is 25.3. The maximum absolute atomic E-state index is 13.5. The van der Waals surface area contributed by atoms with Gasteiger partial charge in [-0.25, -0.2) is 0 Å². The van der Waals surface area contributed by atoms with Crippen LogP contribution in [0.25, 0.3) is 0 Å². The van der Waals surface area contributed by atoms with Crippen LogP contribution in [0.2, 0.25) is 5.02 Å². The van der Waals surface area contributed by atoms with Crippen molar-refractivity contribution in [1.82, 2.24) is 10.2 Å². The van der Waals surface area contributed by atoms with Gasteiger partial charge in [0, 0.05) is 24.5 Å². The van der Waals surface area contributed by atoms with Crippen molar-refractivity contribution in [3.63, 3.8) is 0 Å². The minimum absolute atomic E-state index is 0.176. The Kier molecular flexibility index (Phi) is 9.53.